The molecule has 0 aliphatic rings. The summed E-state index contributed by atoms with van der Waals surface area (Å²) in [6.07, 6.45) is 0. The molecule has 1 heterocycles. The Morgan fingerprint density at radius 2 is 1.90 bits per heavy atom. The zero-order valence-electron chi connectivity index (χ0n) is 17.9. The van der Waals surface area contributed by atoms with E-state index in [1.54, 1.807) is 29.3 Å². The summed E-state index contributed by atoms with van der Waals surface area (Å²) >= 11 is 3.11. The van der Waals surface area contributed by atoms with E-state index in [-0.39, 0.29) is 18.4 Å². The van der Waals surface area contributed by atoms with Crippen molar-refractivity contribution in [2.24, 2.45) is 4.99 Å². The van der Waals surface area contributed by atoms with E-state index in [4.69, 9.17) is 4.74 Å². The van der Waals surface area contributed by atoms with Crippen LogP contribution in [0.3, 0.4) is 0 Å². The van der Waals surface area contributed by atoms with Crippen molar-refractivity contribution in [3.63, 3.8) is 0 Å². The standard InChI is InChI=1S/C23H26N2O3S2/c1-6-28-21(26)13-25-19-10-15(4)16(5)11-20(19)30-23(25)24-22(27)17-8-7-9-18(12-17)29-14(2)3/h7-12,14H,6,13H2,1-5H3. The van der Waals surface area contributed by atoms with Crippen LogP contribution in [0.1, 0.15) is 42.3 Å². The van der Waals surface area contributed by atoms with E-state index in [0.717, 1.165) is 26.2 Å². The monoisotopic (exact) mass is 442 g/mol. The van der Waals surface area contributed by atoms with Gasteiger partial charge in [-0.15, -0.1) is 11.8 Å². The molecule has 2 aromatic carbocycles. The summed E-state index contributed by atoms with van der Waals surface area (Å²) in [5.74, 6) is -0.668. The second-order valence-electron chi connectivity index (χ2n) is 7.29. The molecule has 0 aliphatic carbocycles. The lowest BCUT2D eigenvalue weighted by molar-refractivity contribution is -0.143. The molecule has 0 spiro atoms. The number of thiazole rings is 1. The van der Waals surface area contributed by atoms with Gasteiger partial charge in [0.05, 0.1) is 16.8 Å². The maximum Gasteiger partial charge on any atom is 0.326 e. The van der Waals surface area contributed by atoms with Crippen LogP contribution >= 0.6 is 23.1 Å². The summed E-state index contributed by atoms with van der Waals surface area (Å²) in [4.78, 5) is 31.0. The summed E-state index contributed by atoms with van der Waals surface area (Å²) in [6, 6.07) is 11.6. The van der Waals surface area contributed by atoms with Crippen LogP contribution in [0.4, 0.5) is 0 Å². The van der Waals surface area contributed by atoms with Crippen molar-refractivity contribution in [1.29, 1.82) is 0 Å². The first kappa shape index (κ1) is 22.3. The van der Waals surface area contributed by atoms with Crippen LogP contribution in [0.5, 0.6) is 0 Å². The Hall–Kier alpha value is -2.38. The topological polar surface area (TPSA) is 60.7 Å². The molecule has 0 atom stereocenters. The van der Waals surface area contributed by atoms with E-state index in [0.29, 0.717) is 22.2 Å². The second-order valence-corrected chi connectivity index (χ2v) is 9.95. The number of carbonyl (C=O) groups is 2. The molecule has 7 heteroatoms. The van der Waals surface area contributed by atoms with Gasteiger partial charge < -0.3 is 9.30 Å². The summed E-state index contributed by atoms with van der Waals surface area (Å²) in [7, 11) is 0. The maximum absolute atomic E-state index is 12.9. The molecule has 5 nitrogen and oxygen atoms in total. The molecule has 3 rings (SSSR count). The van der Waals surface area contributed by atoms with Crippen LogP contribution in [0.25, 0.3) is 10.2 Å². The van der Waals surface area contributed by atoms with Gasteiger partial charge in [-0.25, -0.2) is 0 Å². The Morgan fingerprint density at radius 3 is 2.60 bits per heavy atom. The molecule has 0 fully saturated rings. The van der Waals surface area contributed by atoms with E-state index in [2.05, 4.69) is 24.9 Å². The highest BCUT2D eigenvalue weighted by Gasteiger charge is 2.14. The Kier molecular flexibility index (Phi) is 7.15. The molecule has 0 radical (unpaired) electrons. The predicted molar refractivity (Wildman–Crippen MR) is 123 cm³/mol. The number of esters is 1. The number of aryl methyl sites for hydroxylation is 2. The first-order chi connectivity index (χ1) is 14.3. The van der Waals surface area contributed by atoms with Crippen molar-refractivity contribution in [1.82, 2.24) is 4.57 Å². The van der Waals surface area contributed by atoms with E-state index in [1.807, 2.05) is 38.1 Å². The van der Waals surface area contributed by atoms with Crippen LogP contribution in [0.2, 0.25) is 0 Å². The molecule has 0 saturated heterocycles. The number of thioether (sulfide) groups is 1. The van der Waals surface area contributed by atoms with Gasteiger partial charge in [-0.05, 0) is 62.2 Å². The first-order valence-corrected chi connectivity index (χ1v) is 11.6. The summed E-state index contributed by atoms with van der Waals surface area (Å²) in [5, 5.41) is 0.424. The molecular formula is C23H26N2O3S2. The molecule has 30 heavy (non-hydrogen) atoms. The minimum atomic E-state index is -0.348. The van der Waals surface area contributed by atoms with Crippen LogP contribution in [-0.4, -0.2) is 28.3 Å². The van der Waals surface area contributed by atoms with Crippen molar-refractivity contribution in [3.05, 3.63) is 57.9 Å². The van der Waals surface area contributed by atoms with Crippen molar-refractivity contribution < 1.29 is 14.3 Å². The normalized spacial score (nSPS) is 12.0. The number of nitrogens with zero attached hydrogens (tertiary/aromatic N) is 2. The van der Waals surface area contributed by atoms with Crippen molar-refractivity contribution in [3.8, 4) is 0 Å². The highest BCUT2D eigenvalue weighted by Crippen LogP contribution is 2.24. The predicted octanol–water partition coefficient (Wildman–Crippen LogP) is 5.12. The number of aromatic nitrogens is 1. The van der Waals surface area contributed by atoms with Gasteiger partial charge >= 0.3 is 5.97 Å². The molecule has 0 N–H and O–H groups in total. The third kappa shape index (κ3) is 5.21. The molecule has 1 amide bonds. The summed E-state index contributed by atoms with van der Waals surface area (Å²) < 4.78 is 7.89. The van der Waals surface area contributed by atoms with Gasteiger partial charge in [0.2, 0.25) is 0 Å². The number of amides is 1. The van der Waals surface area contributed by atoms with Gasteiger partial charge in [0.1, 0.15) is 6.54 Å². The number of hydrogen-bond donors (Lipinski definition) is 0. The summed E-state index contributed by atoms with van der Waals surface area (Å²) in [6.45, 7) is 10.4. The molecule has 0 saturated carbocycles. The van der Waals surface area contributed by atoms with Crippen molar-refractivity contribution in [2.75, 3.05) is 6.61 Å². The lowest BCUT2D eigenvalue weighted by atomic mass is 10.1. The minimum Gasteiger partial charge on any atom is -0.465 e. The Bertz CT molecular complexity index is 1160. The third-order valence-electron chi connectivity index (χ3n) is 4.54. The number of ether oxygens (including phenoxy) is 1. The fraction of sp³-hybridized carbons (Fsp3) is 0.348. The highest BCUT2D eigenvalue weighted by molar-refractivity contribution is 7.99. The molecule has 0 unspecified atom stereocenters. The van der Waals surface area contributed by atoms with Gasteiger partial charge in [0, 0.05) is 15.7 Å². The smallest absolute Gasteiger partial charge is 0.326 e. The average Bonchev–Trinajstić information content (AvgIpc) is 2.98. The number of fused-ring (bicyclic) bond motifs is 1. The lowest BCUT2D eigenvalue weighted by Crippen LogP contribution is -2.23. The van der Waals surface area contributed by atoms with E-state index < -0.39 is 0 Å². The van der Waals surface area contributed by atoms with Crippen LogP contribution < -0.4 is 4.80 Å². The molecule has 0 aliphatic heterocycles. The zero-order valence-corrected chi connectivity index (χ0v) is 19.5. The van der Waals surface area contributed by atoms with E-state index in [9.17, 15) is 9.59 Å². The second kappa shape index (κ2) is 9.62. The molecule has 0 bridgehead atoms. The van der Waals surface area contributed by atoms with Gasteiger partial charge in [0.25, 0.3) is 5.91 Å². The Labute approximate surface area is 184 Å². The van der Waals surface area contributed by atoms with Crippen LogP contribution in [-0.2, 0) is 16.1 Å². The fourth-order valence-corrected chi connectivity index (χ4v) is 5.03. The van der Waals surface area contributed by atoms with Crippen LogP contribution in [0.15, 0.2) is 46.3 Å². The number of hydrogen-bond acceptors (Lipinski definition) is 5. The minimum absolute atomic E-state index is 0.0195. The maximum atomic E-state index is 12.9. The fourth-order valence-electron chi connectivity index (χ4n) is 3.02. The Balaban J connectivity index is 2.08. The van der Waals surface area contributed by atoms with Crippen molar-refractivity contribution in [2.45, 2.75) is 51.3 Å². The zero-order chi connectivity index (χ0) is 21.8. The summed E-state index contributed by atoms with van der Waals surface area (Å²) in [5.41, 5.74) is 3.69. The van der Waals surface area contributed by atoms with Gasteiger partial charge in [-0.2, -0.15) is 4.99 Å². The first-order valence-electron chi connectivity index (χ1n) is 9.90. The van der Waals surface area contributed by atoms with Crippen LogP contribution in [0, 0.1) is 13.8 Å². The average molecular weight is 443 g/mol. The van der Waals surface area contributed by atoms with E-state index >= 15 is 0 Å². The highest BCUT2D eigenvalue weighted by atomic mass is 32.2. The number of carbonyl (C=O) groups excluding carboxylic acids is 2. The van der Waals surface area contributed by atoms with Gasteiger partial charge in [-0.3, -0.25) is 9.59 Å². The molecule has 3 aromatic rings. The van der Waals surface area contributed by atoms with Gasteiger partial charge in [0.15, 0.2) is 4.80 Å². The van der Waals surface area contributed by atoms with E-state index in [1.165, 1.54) is 11.3 Å². The number of rotatable bonds is 6. The third-order valence-corrected chi connectivity index (χ3v) is 6.58. The number of benzene rings is 2. The van der Waals surface area contributed by atoms with Gasteiger partial charge in [-0.1, -0.05) is 31.3 Å². The SMILES string of the molecule is CCOC(=O)Cn1c(=NC(=O)c2cccc(SC(C)C)c2)sc2cc(C)c(C)cc21. The molecule has 158 valence electrons. The molecule has 1 aromatic heterocycles. The largest absolute Gasteiger partial charge is 0.465 e. The van der Waals surface area contributed by atoms with Crippen molar-refractivity contribution >= 4 is 45.2 Å². The lowest BCUT2D eigenvalue weighted by Gasteiger charge is -2.07. The Morgan fingerprint density at radius 1 is 1.17 bits per heavy atom. The quantitative estimate of drug-likeness (QED) is 0.392. The molecular weight excluding hydrogens is 416 g/mol.